The van der Waals surface area contributed by atoms with E-state index in [1.165, 1.54) is 23.1 Å². The van der Waals surface area contributed by atoms with Gasteiger partial charge in [0.15, 0.2) is 0 Å². The van der Waals surface area contributed by atoms with Gasteiger partial charge in [-0.2, -0.15) is 0 Å². The number of anilines is 1. The van der Waals surface area contributed by atoms with Gasteiger partial charge in [-0.25, -0.2) is 4.98 Å². The number of carboxylic acid groups (broad SMARTS) is 1. The Bertz CT molecular complexity index is 809. The van der Waals surface area contributed by atoms with Crippen molar-refractivity contribution < 1.29 is 9.90 Å². The number of aliphatic carboxylic acids is 1. The van der Waals surface area contributed by atoms with E-state index >= 15 is 0 Å². The molecule has 0 bridgehead atoms. The van der Waals surface area contributed by atoms with Crippen molar-refractivity contribution in [1.82, 2.24) is 10.3 Å². The number of carbonyl (C=O) groups is 1. The van der Waals surface area contributed by atoms with Gasteiger partial charge >= 0.3 is 5.97 Å². The molecule has 0 saturated heterocycles. The molecule has 2 aromatic rings. The van der Waals surface area contributed by atoms with Gasteiger partial charge < -0.3 is 21.5 Å². The summed E-state index contributed by atoms with van der Waals surface area (Å²) in [5.41, 5.74) is 10.6. The van der Waals surface area contributed by atoms with Crippen LogP contribution in [0.1, 0.15) is 54.0 Å². The Hall–Kier alpha value is -2.44. The normalized spacial score (nSPS) is 17.6. The van der Waals surface area contributed by atoms with Crippen molar-refractivity contribution in [2.24, 2.45) is 5.73 Å². The Morgan fingerprint density at radius 3 is 2.86 bits per heavy atom. The molecule has 1 atom stereocenters. The first-order valence-corrected chi connectivity index (χ1v) is 10.6. The van der Waals surface area contributed by atoms with E-state index in [0.29, 0.717) is 12.5 Å². The SMILES string of the molecule is NCCc1ccc2c(n1)NCCC2.O=C(O)CCC1CCNCc2ccccc21. The van der Waals surface area contributed by atoms with Crippen molar-refractivity contribution in [3.8, 4) is 0 Å². The summed E-state index contributed by atoms with van der Waals surface area (Å²) < 4.78 is 0. The summed E-state index contributed by atoms with van der Waals surface area (Å²) in [6.07, 6.45) is 5.27. The monoisotopic (exact) mass is 396 g/mol. The van der Waals surface area contributed by atoms with Crippen LogP contribution in [0.2, 0.25) is 0 Å². The van der Waals surface area contributed by atoms with E-state index in [4.69, 9.17) is 10.8 Å². The van der Waals surface area contributed by atoms with Crippen LogP contribution in [0.5, 0.6) is 0 Å². The summed E-state index contributed by atoms with van der Waals surface area (Å²) in [6, 6.07) is 12.6. The molecule has 6 heteroatoms. The first-order valence-electron chi connectivity index (χ1n) is 10.6. The van der Waals surface area contributed by atoms with Gasteiger partial charge in [-0.1, -0.05) is 30.3 Å². The topological polar surface area (TPSA) is 100 Å². The minimum atomic E-state index is -0.699. The van der Waals surface area contributed by atoms with E-state index in [1.807, 2.05) is 12.1 Å². The Labute approximate surface area is 172 Å². The maximum absolute atomic E-state index is 10.6. The second-order valence-electron chi connectivity index (χ2n) is 7.67. The van der Waals surface area contributed by atoms with E-state index < -0.39 is 5.97 Å². The molecule has 3 heterocycles. The van der Waals surface area contributed by atoms with Crippen LogP contribution in [0.15, 0.2) is 36.4 Å². The largest absolute Gasteiger partial charge is 0.481 e. The molecular formula is C23H32N4O2. The Morgan fingerprint density at radius 1 is 1.17 bits per heavy atom. The third kappa shape index (κ3) is 6.27. The molecule has 0 spiro atoms. The van der Waals surface area contributed by atoms with Gasteiger partial charge in [-0.3, -0.25) is 4.79 Å². The predicted molar refractivity (Wildman–Crippen MR) is 116 cm³/mol. The summed E-state index contributed by atoms with van der Waals surface area (Å²) in [5, 5.41) is 15.4. The number of hydrogen-bond donors (Lipinski definition) is 4. The molecular weight excluding hydrogens is 364 g/mol. The number of aromatic nitrogens is 1. The molecule has 1 aromatic heterocycles. The first-order chi connectivity index (χ1) is 14.2. The predicted octanol–water partition coefficient (Wildman–Crippen LogP) is 3.07. The van der Waals surface area contributed by atoms with E-state index in [9.17, 15) is 4.79 Å². The molecule has 29 heavy (non-hydrogen) atoms. The number of nitrogens with zero attached hydrogens (tertiary/aromatic N) is 1. The molecule has 1 unspecified atom stereocenters. The zero-order valence-corrected chi connectivity index (χ0v) is 17.0. The number of aryl methyl sites for hydroxylation is 1. The number of rotatable bonds is 5. The third-order valence-electron chi connectivity index (χ3n) is 5.54. The fraction of sp³-hybridized carbons (Fsp3) is 0.478. The van der Waals surface area contributed by atoms with Crippen LogP contribution in [0.3, 0.4) is 0 Å². The molecule has 156 valence electrons. The summed E-state index contributed by atoms with van der Waals surface area (Å²) in [7, 11) is 0. The van der Waals surface area contributed by atoms with Crippen LogP contribution < -0.4 is 16.4 Å². The highest BCUT2D eigenvalue weighted by Gasteiger charge is 2.18. The van der Waals surface area contributed by atoms with E-state index in [0.717, 1.165) is 56.8 Å². The van der Waals surface area contributed by atoms with Gasteiger partial charge in [0.1, 0.15) is 5.82 Å². The average Bonchev–Trinajstić information content (AvgIpc) is 2.95. The highest BCUT2D eigenvalue weighted by atomic mass is 16.4. The number of hydrogen-bond acceptors (Lipinski definition) is 5. The van der Waals surface area contributed by atoms with Crippen molar-refractivity contribution in [2.45, 2.75) is 51.0 Å². The number of fused-ring (bicyclic) bond motifs is 2. The lowest BCUT2D eigenvalue weighted by atomic mass is 9.89. The van der Waals surface area contributed by atoms with Crippen molar-refractivity contribution in [2.75, 3.05) is 25.0 Å². The highest BCUT2D eigenvalue weighted by molar-refractivity contribution is 5.66. The molecule has 0 fully saturated rings. The summed E-state index contributed by atoms with van der Waals surface area (Å²) in [6.45, 7) is 3.59. The minimum Gasteiger partial charge on any atom is -0.481 e. The zero-order valence-electron chi connectivity index (χ0n) is 17.0. The molecule has 6 nitrogen and oxygen atoms in total. The molecule has 4 rings (SSSR count). The Morgan fingerprint density at radius 2 is 2.03 bits per heavy atom. The summed E-state index contributed by atoms with van der Waals surface area (Å²) in [4.78, 5) is 15.1. The molecule has 0 amide bonds. The lowest BCUT2D eigenvalue weighted by molar-refractivity contribution is -0.137. The number of benzene rings is 1. The van der Waals surface area contributed by atoms with Crippen molar-refractivity contribution in [3.63, 3.8) is 0 Å². The second kappa shape index (κ2) is 10.9. The van der Waals surface area contributed by atoms with Crippen LogP contribution >= 0.6 is 0 Å². The maximum atomic E-state index is 10.6. The van der Waals surface area contributed by atoms with Gasteiger partial charge in [0.05, 0.1) is 0 Å². The van der Waals surface area contributed by atoms with Gasteiger partial charge in [-0.05, 0) is 67.4 Å². The third-order valence-corrected chi connectivity index (χ3v) is 5.54. The Kier molecular flexibility index (Phi) is 8.02. The van der Waals surface area contributed by atoms with Gasteiger partial charge in [0.2, 0.25) is 0 Å². The number of nitrogens with one attached hydrogen (secondary N) is 2. The van der Waals surface area contributed by atoms with E-state index in [2.05, 4.69) is 39.9 Å². The fourth-order valence-electron chi connectivity index (χ4n) is 4.00. The molecule has 1 aromatic carbocycles. The van der Waals surface area contributed by atoms with Crippen LogP contribution in [0.4, 0.5) is 5.82 Å². The van der Waals surface area contributed by atoms with E-state index in [-0.39, 0.29) is 6.42 Å². The molecule has 2 aliphatic heterocycles. The molecule has 5 N–H and O–H groups in total. The van der Waals surface area contributed by atoms with Crippen LogP contribution in [0.25, 0.3) is 0 Å². The second-order valence-corrected chi connectivity index (χ2v) is 7.67. The van der Waals surface area contributed by atoms with Crippen molar-refractivity contribution >= 4 is 11.8 Å². The fourth-order valence-corrected chi connectivity index (χ4v) is 4.00. The molecule has 2 aliphatic rings. The number of nitrogens with two attached hydrogens (primary N) is 1. The molecule has 0 aliphatic carbocycles. The average molecular weight is 397 g/mol. The smallest absolute Gasteiger partial charge is 0.303 e. The number of pyridine rings is 1. The van der Waals surface area contributed by atoms with Crippen molar-refractivity contribution in [3.05, 3.63) is 58.8 Å². The van der Waals surface area contributed by atoms with Crippen LogP contribution in [-0.4, -0.2) is 35.7 Å². The zero-order chi connectivity index (χ0) is 20.5. The summed E-state index contributed by atoms with van der Waals surface area (Å²) >= 11 is 0. The standard InChI is InChI=1S/C13H17NO2.C10H15N3/c15-13(16)6-5-10-7-8-14-9-11-3-1-2-4-12(10)11;11-6-5-9-4-3-8-2-1-7-12-10(8)13-9/h1-4,10,14H,5-9H2,(H,15,16);3-4H,1-2,5-7,11H2,(H,12,13). The van der Waals surface area contributed by atoms with E-state index in [1.54, 1.807) is 0 Å². The van der Waals surface area contributed by atoms with Gasteiger partial charge in [-0.15, -0.1) is 0 Å². The van der Waals surface area contributed by atoms with Crippen molar-refractivity contribution in [1.29, 1.82) is 0 Å². The first kappa shape index (κ1) is 21.3. The number of carboxylic acids is 1. The lowest BCUT2D eigenvalue weighted by Gasteiger charge is -2.17. The quantitative estimate of drug-likeness (QED) is 0.620. The highest BCUT2D eigenvalue weighted by Crippen LogP contribution is 2.29. The summed E-state index contributed by atoms with van der Waals surface area (Å²) in [5.74, 6) is 0.759. The minimum absolute atomic E-state index is 0.263. The van der Waals surface area contributed by atoms with Gasteiger partial charge in [0.25, 0.3) is 0 Å². The lowest BCUT2D eigenvalue weighted by Crippen LogP contribution is -2.14. The van der Waals surface area contributed by atoms with Gasteiger partial charge in [0, 0.05) is 31.6 Å². The maximum Gasteiger partial charge on any atom is 0.303 e. The molecule has 0 saturated carbocycles. The van der Waals surface area contributed by atoms with Crippen LogP contribution in [-0.2, 0) is 24.2 Å². The molecule has 0 radical (unpaired) electrons. The Balaban J connectivity index is 0.000000169. The van der Waals surface area contributed by atoms with Crippen LogP contribution in [0, 0.1) is 0 Å².